The monoisotopic (exact) mass is 363 g/mol. The summed E-state index contributed by atoms with van der Waals surface area (Å²) in [4.78, 5) is 27.7. The predicted molar refractivity (Wildman–Crippen MR) is 99.7 cm³/mol. The second kappa shape index (κ2) is 7.67. The van der Waals surface area contributed by atoms with Crippen LogP contribution in [0.2, 0.25) is 0 Å². The minimum absolute atomic E-state index is 0.115. The molecule has 1 fully saturated rings. The maximum atomic E-state index is 12.5. The number of nitrogens with two attached hydrogens (primary N) is 1. The molecule has 138 valence electrons. The SMILES string of the molecule is NCc1nc(C(=O)N2CCC(c3nccc(-c4ccccc4)n3)CC2)co1. The molecule has 2 aromatic heterocycles. The van der Waals surface area contributed by atoms with Gasteiger partial charge < -0.3 is 15.1 Å². The van der Waals surface area contributed by atoms with Crippen LogP contribution in [0.25, 0.3) is 11.3 Å². The van der Waals surface area contributed by atoms with E-state index in [4.69, 9.17) is 15.1 Å². The van der Waals surface area contributed by atoms with Gasteiger partial charge in [0.1, 0.15) is 12.1 Å². The fourth-order valence-corrected chi connectivity index (χ4v) is 3.35. The molecule has 2 N–H and O–H groups in total. The van der Waals surface area contributed by atoms with Crippen molar-refractivity contribution in [3.8, 4) is 11.3 Å². The van der Waals surface area contributed by atoms with Gasteiger partial charge in [0.25, 0.3) is 5.91 Å². The molecule has 0 unspecified atom stereocenters. The van der Waals surface area contributed by atoms with Crippen molar-refractivity contribution < 1.29 is 9.21 Å². The molecule has 4 rings (SSSR count). The van der Waals surface area contributed by atoms with Crippen molar-refractivity contribution in [1.82, 2.24) is 19.9 Å². The molecule has 1 saturated heterocycles. The van der Waals surface area contributed by atoms with Gasteiger partial charge in [-0.05, 0) is 18.9 Å². The molecule has 0 spiro atoms. The highest BCUT2D eigenvalue weighted by molar-refractivity contribution is 5.92. The van der Waals surface area contributed by atoms with Gasteiger partial charge >= 0.3 is 0 Å². The number of oxazole rings is 1. The summed E-state index contributed by atoms with van der Waals surface area (Å²) in [6, 6.07) is 12.0. The topological polar surface area (TPSA) is 98.1 Å². The molecule has 3 aromatic rings. The first-order valence-electron chi connectivity index (χ1n) is 9.06. The summed E-state index contributed by atoms with van der Waals surface area (Å²) in [5.41, 5.74) is 7.81. The van der Waals surface area contributed by atoms with E-state index in [-0.39, 0.29) is 18.4 Å². The Kier molecular flexibility index (Phi) is 4.93. The first-order chi connectivity index (χ1) is 13.2. The van der Waals surface area contributed by atoms with Gasteiger partial charge in [-0.3, -0.25) is 4.79 Å². The first kappa shape index (κ1) is 17.4. The Labute approximate surface area is 157 Å². The normalized spacial score (nSPS) is 15.1. The average molecular weight is 363 g/mol. The minimum atomic E-state index is -0.115. The van der Waals surface area contributed by atoms with Gasteiger partial charge in [-0.25, -0.2) is 15.0 Å². The van der Waals surface area contributed by atoms with Crippen LogP contribution in [0.15, 0.2) is 53.3 Å². The van der Waals surface area contributed by atoms with E-state index in [0.717, 1.165) is 29.9 Å². The van der Waals surface area contributed by atoms with Gasteiger partial charge in [0.15, 0.2) is 5.69 Å². The van der Waals surface area contributed by atoms with Crippen LogP contribution in [0.1, 0.15) is 41.0 Å². The molecular formula is C20H21N5O2. The third-order valence-corrected chi connectivity index (χ3v) is 4.84. The molecule has 0 aliphatic carbocycles. The Morgan fingerprint density at radius 3 is 2.63 bits per heavy atom. The first-order valence-corrected chi connectivity index (χ1v) is 9.06. The zero-order valence-electron chi connectivity index (χ0n) is 14.9. The molecule has 0 radical (unpaired) electrons. The predicted octanol–water partition coefficient (Wildman–Crippen LogP) is 2.61. The lowest BCUT2D eigenvalue weighted by Crippen LogP contribution is -2.38. The Balaban J connectivity index is 1.43. The molecule has 7 heteroatoms. The third-order valence-electron chi connectivity index (χ3n) is 4.84. The lowest BCUT2D eigenvalue weighted by atomic mass is 9.95. The number of aromatic nitrogens is 3. The summed E-state index contributed by atoms with van der Waals surface area (Å²) in [5, 5.41) is 0. The number of amides is 1. The van der Waals surface area contributed by atoms with Crippen molar-refractivity contribution in [3.63, 3.8) is 0 Å². The molecule has 7 nitrogen and oxygen atoms in total. The van der Waals surface area contributed by atoms with Crippen LogP contribution in [0.4, 0.5) is 0 Å². The van der Waals surface area contributed by atoms with Crippen molar-refractivity contribution in [2.24, 2.45) is 5.73 Å². The number of hydrogen-bond acceptors (Lipinski definition) is 6. The number of carbonyl (C=O) groups is 1. The highest BCUT2D eigenvalue weighted by Crippen LogP contribution is 2.27. The van der Waals surface area contributed by atoms with E-state index in [2.05, 4.69) is 9.97 Å². The number of benzene rings is 1. The quantitative estimate of drug-likeness (QED) is 0.765. The largest absolute Gasteiger partial charge is 0.447 e. The van der Waals surface area contributed by atoms with Crippen molar-refractivity contribution in [1.29, 1.82) is 0 Å². The van der Waals surface area contributed by atoms with Crippen LogP contribution in [0.3, 0.4) is 0 Å². The Hall–Kier alpha value is -3.06. The molecule has 0 saturated carbocycles. The molecule has 1 aliphatic heterocycles. The molecule has 0 atom stereocenters. The van der Waals surface area contributed by atoms with Gasteiger partial charge in [-0.2, -0.15) is 0 Å². The minimum Gasteiger partial charge on any atom is -0.447 e. The molecule has 1 aromatic carbocycles. The molecule has 1 aliphatic rings. The highest BCUT2D eigenvalue weighted by atomic mass is 16.3. The van der Waals surface area contributed by atoms with E-state index in [1.54, 1.807) is 4.90 Å². The number of hydrogen-bond donors (Lipinski definition) is 1. The number of carbonyl (C=O) groups excluding carboxylic acids is 1. The van der Waals surface area contributed by atoms with Crippen LogP contribution in [-0.4, -0.2) is 38.8 Å². The number of nitrogens with zero attached hydrogens (tertiary/aromatic N) is 4. The van der Waals surface area contributed by atoms with Crippen LogP contribution < -0.4 is 5.73 Å². The van der Waals surface area contributed by atoms with Crippen LogP contribution >= 0.6 is 0 Å². The van der Waals surface area contributed by atoms with E-state index in [1.807, 2.05) is 42.6 Å². The van der Waals surface area contributed by atoms with Gasteiger partial charge in [0.05, 0.1) is 12.2 Å². The summed E-state index contributed by atoms with van der Waals surface area (Å²) >= 11 is 0. The van der Waals surface area contributed by atoms with E-state index < -0.39 is 0 Å². The van der Waals surface area contributed by atoms with Crippen molar-refractivity contribution >= 4 is 5.91 Å². The zero-order chi connectivity index (χ0) is 18.6. The van der Waals surface area contributed by atoms with E-state index >= 15 is 0 Å². The molecule has 0 bridgehead atoms. The summed E-state index contributed by atoms with van der Waals surface area (Å²) in [5.74, 6) is 1.35. The maximum Gasteiger partial charge on any atom is 0.275 e. The Bertz CT molecular complexity index is 917. The number of likely N-dealkylation sites (tertiary alicyclic amines) is 1. The van der Waals surface area contributed by atoms with E-state index in [1.165, 1.54) is 6.26 Å². The van der Waals surface area contributed by atoms with Gasteiger partial charge in [0.2, 0.25) is 5.89 Å². The van der Waals surface area contributed by atoms with Crippen LogP contribution in [0, 0.1) is 0 Å². The fraction of sp³-hybridized carbons (Fsp3) is 0.300. The lowest BCUT2D eigenvalue weighted by molar-refractivity contribution is 0.0705. The van der Waals surface area contributed by atoms with Crippen LogP contribution in [0.5, 0.6) is 0 Å². The summed E-state index contributed by atoms with van der Waals surface area (Å²) in [7, 11) is 0. The summed E-state index contributed by atoms with van der Waals surface area (Å²) in [6.07, 6.45) is 4.84. The summed E-state index contributed by atoms with van der Waals surface area (Å²) < 4.78 is 5.17. The molecule has 3 heterocycles. The molecule has 1 amide bonds. The van der Waals surface area contributed by atoms with Crippen molar-refractivity contribution in [2.45, 2.75) is 25.3 Å². The van der Waals surface area contributed by atoms with E-state index in [0.29, 0.717) is 24.7 Å². The average Bonchev–Trinajstić information content (AvgIpc) is 3.23. The second-order valence-electron chi connectivity index (χ2n) is 6.56. The second-order valence-corrected chi connectivity index (χ2v) is 6.56. The highest BCUT2D eigenvalue weighted by Gasteiger charge is 2.27. The number of piperidine rings is 1. The van der Waals surface area contributed by atoms with Crippen molar-refractivity contribution in [2.75, 3.05) is 13.1 Å². The standard InChI is InChI=1S/C20H21N5O2/c21-12-18-23-17(13-27-18)20(26)25-10-7-15(8-11-25)19-22-9-6-16(24-19)14-4-2-1-3-5-14/h1-6,9,13,15H,7-8,10-12,21H2. The molecule has 27 heavy (non-hydrogen) atoms. The third kappa shape index (κ3) is 3.73. The Morgan fingerprint density at radius 1 is 1.15 bits per heavy atom. The lowest BCUT2D eigenvalue weighted by Gasteiger charge is -2.30. The zero-order valence-corrected chi connectivity index (χ0v) is 14.9. The van der Waals surface area contributed by atoms with Gasteiger partial charge in [0, 0.05) is 30.8 Å². The van der Waals surface area contributed by atoms with Crippen molar-refractivity contribution in [3.05, 3.63) is 66.3 Å². The molecular weight excluding hydrogens is 342 g/mol. The Morgan fingerprint density at radius 2 is 1.93 bits per heavy atom. The van der Waals surface area contributed by atoms with Gasteiger partial charge in [-0.15, -0.1) is 0 Å². The smallest absolute Gasteiger partial charge is 0.275 e. The van der Waals surface area contributed by atoms with Gasteiger partial charge in [-0.1, -0.05) is 30.3 Å². The van der Waals surface area contributed by atoms with Crippen LogP contribution in [-0.2, 0) is 6.54 Å². The maximum absolute atomic E-state index is 12.5. The summed E-state index contributed by atoms with van der Waals surface area (Å²) in [6.45, 7) is 1.48. The number of rotatable bonds is 4. The van der Waals surface area contributed by atoms with E-state index in [9.17, 15) is 4.79 Å². The fourth-order valence-electron chi connectivity index (χ4n) is 3.35.